The average molecular weight is 417 g/mol. The number of ether oxygens (including phenoxy) is 4. The minimum absolute atomic E-state index is 0. The van der Waals surface area contributed by atoms with Gasteiger partial charge in [0, 0.05) is 17.7 Å². The number of benzene rings is 2. The van der Waals surface area contributed by atoms with Crippen molar-refractivity contribution in [3.63, 3.8) is 0 Å². The van der Waals surface area contributed by atoms with Crippen LogP contribution >= 0.6 is 11.6 Å². The molecule has 0 unspecified atom stereocenters. The monoisotopic (exact) mass is 416 g/mol. The Hall–Kier alpha value is -2.23. The number of alkyl halides is 1. The van der Waals surface area contributed by atoms with Crippen molar-refractivity contribution in [2.45, 2.75) is 12.4 Å². The van der Waals surface area contributed by atoms with Gasteiger partial charge in [0.15, 0.2) is 23.0 Å². The Morgan fingerprint density at radius 3 is 1.68 bits per heavy atom. The second-order valence-electron chi connectivity index (χ2n) is 5.04. The van der Waals surface area contributed by atoms with Crippen LogP contribution in [0.1, 0.15) is 11.1 Å². The molecule has 0 radical (unpaired) electrons. The molecule has 2 aromatic rings. The van der Waals surface area contributed by atoms with Gasteiger partial charge in [0.2, 0.25) is 20.1 Å². The van der Waals surface area contributed by atoms with Gasteiger partial charge in [0.1, 0.15) is 11.6 Å². The van der Waals surface area contributed by atoms with E-state index in [1.807, 2.05) is 0 Å². The molecule has 0 aliphatic carbocycles. The molecule has 0 saturated heterocycles. The van der Waals surface area contributed by atoms with Crippen LogP contribution in [0.5, 0.6) is 23.0 Å². The number of hydrogen-bond acceptors (Lipinski definition) is 5. The third-order valence-electron chi connectivity index (χ3n) is 3.48. The van der Waals surface area contributed by atoms with Gasteiger partial charge in [-0.1, -0.05) is 0 Å². The number of nitrogens with zero attached hydrogens (tertiary/aromatic N) is 2. The van der Waals surface area contributed by atoms with Gasteiger partial charge in [-0.25, -0.2) is 15.4 Å². The third-order valence-corrected chi connectivity index (χ3v) is 3.76. The van der Waals surface area contributed by atoms with Gasteiger partial charge in [0.25, 0.3) is 0 Å². The summed E-state index contributed by atoms with van der Waals surface area (Å²) in [6.45, 7) is 11.7. The maximum Gasteiger partial charge on any atom is 1.00 e. The summed E-state index contributed by atoms with van der Waals surface area (Å²) in [6.07, 6.45) is 0. The van der Waals surface area contributed by atoms with Crippen molar-refractivity contribution in [1.29, 1.82) is 5.26 Å². The second kappa shape index (κ2) is 11.6. The number of rotatable bonds is 2. The molecule has 2 aliphatic heterocycles. The van der Waals surface area contributed by atoms with Crippen LogP contribution in [-0.2, 0) is 12.4 Å². The van der Waals surface area contributed by atoms with Gasteiger partial charge in [-0.2, -0.15) is 0 Å². The molecule has 0 saturated carbocycles. The van der Waals surface area contributed by atoms with Crippen molar-refractivity contribution in [3.05, 3.63) is 65.0 Å². The maximum atomic E-state index is 13.2. The normalized spacial score (nSPS) is 11.7. The molecule has 4 rings (SSSR count). The van der Waals surface area contributed by atoms with E-state index in [-0.39, 0.29) is 61.4 Å². The molecule has 2 heterocycles. The molecule has 2 aliphatic rings. The zero-order chi connectivity index (χ0) is 19.8. The minimum Gasteiger partial charge on any atom is -0.512 e. The summed E-state index contributed by atoms with van der Waals surface area (Å²) in [7, 11) is 0. The quantitative estimate of drug-likeness (QED) is 0.420. The SMILES string of the molecule is Fc1cc2c(cc1CCl)OCO2.[C-]#N.[C-]#[N+]Cc1cc2c(cc1F)OCO2.[Na+]. The summed E-state index contributed by atoms with van der Waals surface area (Å²) in [5.74, 6) is 1.30. The molecule has 0 amide bonds. The fraction of sp³-hybridized carbons (Fsp3) is 0.222. The van der Waals surface area contributed by atoms with Crippen molar-refractivity contribution in [3.8, 4) is 23.0 Å². The molecular weight excluding hydrogens is 405 g/mol. The van der Waals surface area contributed by atoms with E-state index in [1.54, 1.807) is 6.07 Å². The van der Waals surface area contributed by atoms with E-state index in [2.05, 4.69) is 4.85 Å². The van der Waals surface area contributed by atoms with Crippen LogP contribution in [0.3, 0.4) is 0 Å². The average Bonchev–Trinajstić information content (AvgIpc) is 3.32. The van der Waals surface area contributed by atoms with Crippen molar-refractivity contribution in [2.24, 2.45) is 0 Å². The van der Waals surface area contributed by atoms with Crippen molar-refractivity contribution in [1.82, 2.24) is 0 Å². The van der Waals surface area contributed by atoms with Gasteiger partial charge in [-0.15, -0.1) is 11.6 Å². The largest absolute Gasteiger partial charge is 1.00 e. The summed E-state index contributed by atoms with van der Waals surface area (Å²) in [4.78, 5) is 3.11. The second-order valence-corrected chi connectivity index (χ2v) is 5.31. The zero-order valence-electron chi connectivity index (χ0n) is 14.8. The first-order valence-corrected chi connectivity index (χ1v) is 7.93. The van der Waals surface area contributed by atoms with Gasteiger partial charge in [-0.05, 0) is 12.1 Å². The Bertz CT molecular complexity index is 889. The molecule has 10 heteroatoms. The first-order valence-electron chi connectivity index (χ1n) is 7.40. The van der Waals surface area contributed by atoms with E-state index in [4.69, 9.17) is 49.0 Å². The van der Waals surface area contributed by atoms with Crippen LogP contribution < -0.4 is 48.5 Å². The number of halogens is 3. The topological polar surface area (TPSA) is 65.1 Å². The van der Waals surface area contributed by atoms with Crippen molar-refractivity contribution < 1.29 is 57.3 Å². The van der Waals surface area contributed by atoms with E-state index < -0.39 is 5.82 Å². The Labute approximate surface area is 187 Å². The molecule has 6 nitrogen and oxygen atoms in total. The molecule has 0 atom stereocenters. The zero-order valence-corrected chi connectivity index (χ0v) is 17.6. The van der Waals surface area contributed by atoms with Crippen LogP contribution in [0, 0.1) is 30.0 Å². The van der Waals surface area contributed by atoms with E-state index in [9.17, 15) is 8.78 Å². The standard InChI is InChI=1S/C9H6FNO2.C8H6ClFO2.CN.Na/c1-11-4-6-2-8-9(3-7(6)10)13-5-12-8;9-3-5-1-7-8(2-6(5)10)12-4-11-7;1-2;/h2-3H,4-5H2;1-2H,3-4H2;;/q;;-1;+1. The molecule has 0 fully saturated rings. The smallest absolute Gasteiger partial charge is 0.512 e. The van der Waals surface area contributed by atoms with Crippen LogP contribution in [0.25, 0.3) is 4.85 Å². The summed E-state index contributed by atoms with van der Waals surface area (Å²) in [6, 6.07) is 5.61. The third kappa shape index (κ3) is 5.63. The predicted molar refractivity (Wildman–Crippen MR) is 89.9 cm³/mol. The van der Waals surface area contributed by atoms with E-state index in [0.717, 1.165) is 0 Å². The van der Waals surface area contributed by atoms with Crippen molar-refractivity contribution in [2.75, 3.05) is 13.6 Å². The summed E-state index contributed by atoms with van der Waals surface area (Å²) in [5.41, 5.74) is 0.778. The molecule has 0 N–H and O–H groups in total. The Morgan fingerprint density at radius 2 is 1.25 bits per heavy atom. The van der Waals surface area contributed by atoms with Crippen LogP contribution in [0.4, 0.5) is 8.78 Å². The van der Waals surface area contributed by atoms with Gasteiger partial charge < -0.3 is 35.6 Å². The number of hydrogen-bond donors (Lipinski definition) is 0. The first-order chi connectivity index (χ1) is 13.1. The molecule has 2 aromatic carbocycles. The molecular formula is C18H12ClF2N2NaO4. The van der Waals surface area contributed by atoms with Crippen LogP contribution in [-0.4, -0.2) is 13.6 Å². The van der Waals surface area contributed by atoms with Gasteiger partial charge >= 0.3 is 29.6 Å². The fourth-order valence-electron chi connectivity index (χ4n) is 2.23. The van der Waals surface area contributed by atoms with Gasteiger partial charge in [-0.3, -0.25) is 0 Å². The summed E-state index contributed by atoms with van der Waals surface area (Å²) in [5, 5.41) is 6.25. The first kappa shape index (κ1) is 23.8. The number of fused-ring (bicyclic) bond motifs is 2. The van der Waals surface area contributed by atoms with E-state index in [1.165, 1.54) is 18.2 Å². The molecule has 0 aromatic heterocycles. The van der Waals surface area contributed by atoms with E-state index in [0.29, 0.717) is 34.1 Å². The molecule has 28 heavy (non-hydrogen) atoms. The summed E-state index contributed by atoms with van der Waals surface area (Å²) >= 11 is 5.50. The Balaban J connectivity index is 0.000000250. The summed E-state index contributed by atoms with van der Waals surface area (Å²) < 4.78 is 46.2. The predicted octanol–water partition coefficient (Wildman–Crippen LogP) is 1.37. The minimum atomic E-state index is -0.416. The molecule has 140 valence electrons. The van der Waals surface area contributed by atoms with Gasteiger partial charge in [0.05, 0.1) is 11.4 Å². The Kier molecular flexibility index (Phi) is 9.84. The molecule has 0 spiro atoms. The Morgan fingerprint density at radius 1 is 0.857 bits per heavy atom. The van der Waals surface area contributed by atoms with E-state index >= 15 is 0 Å². The van der Waals surface area contributed by atoms with Crippen LogP contribution in [0.15, 0.2) is 24.3 Å². The fourth-order valence-corrected chi connectivity index (χ4v) is 2.43. The van der Waals surface area contributed by atoms with Crippen molar-refractivity contribution >= 4 is 11.6 Å². The van der Waals surface area contributed by atoms with Crippen LogP contribution in [0.2, 0.25) is 0 Å². The maximum absolute atomic E-state index is 13.2. The molecule has 0 bridgehead atoms.